The zero-order chi connectivity index (χ0) is 19.3. The smallest absolute Gasteiger partial charge is 0.260 e. The summed E-state index contributed by atoms with van der Waals surface area (Å²) >= 11 is 0. The fourth-order valence-corrected chi connectivity index (χ4v) is 4.22. The second-order valence-electron chi connectivity index (χ2n) is 6.02. The van der Waals surface area contributed by atoms with Crippen molar-refractivity contribution in [3.63, 3.8) is 0 Å². The van der Waals surface area contributed by atoms with Gasteiger partial charge in [0.1, 0.15) is 5.75 Å². The molecule has 7 nitrogen and oxygen atoms in total. The average molecular weight is 385 g/mol. The van der Waals surface area contributed by atoms with Crippen LogP contribution in [0.25, 0.3) is 0 Å². The number of ether oxygens (including phenoxy) is 1. The van der Waals surface area contributed by atoms with Crippen LogP contribution in [0.3, 0.4) is 0 Å². The number of carbonyl (C=O) groups excluding carboxylic acids is 1. The van der Waals surface area contributed by atoms with E-state index in [1.54, 1.807) is 59.5 Å². The lowest BCUT2D eigenvalue weighted by atomic mass is 10.2. The minimum absolute atomic E-state index is 0.128. The Morgan fingerprint density at radius 2 is 1.63 bits per heavy atom. The quantitative estimate of drug-likeness (QED) is 0.777. The lowest BCUT2D eigenvalue weighted by molar-refractivity contribution is -0.134. The molecule has 27 heavy (non-hydrogen) atoms. The second-order valence-corrected chi connectivity index (χ2v) is 7.96. The van der Waals surface area contributed by atoms with Crippen LogP contribution < -0.4 is 4.74 Å². The SMILES string of the molecule is N#Cc1ccc(OCC(=O)N2CCN(S(=O)(=O)c3ccccc3)CC2)cc1. The summed E-state index contributed by atoms with van der Waals surface area (Å²) in [6, 6.07) is 16.8. The molecule has 3 rings (SSSR count). The van der Waals surface area contributed by atoms with Crippen LogP contribution in [0.4, 0.5) is 0 Å². The highest BCUT2D eigenvalue weighted by Gasteiger charge is 2.30. The van der Waals surface area contributed by atoms with Crippen LogP contribution in [-0.4, -0.2) is 56.3 Å². The van der Waals surface area contributed by atoms with Gasteiger partial charge in [-0.3, -0.25) is 4.79 Å². The fraction of sp³-hybridized carbons (Fsp3) is 0.263. The normalized spacial score (nSPS) is 15.1. The minimum atomic E-state index is -3.54. The van der Waals surface area contributed by atoms with Gasteiger partial charge in [0.15, 0.2) is 6.61 Å². The summed E-state index contributed by atoms with van der Waals surface area (Å²) in [5.74, 6) is 0.309. The molecule has 0 saturated carbocycles. The molecule has 140 valence electrons. The maximum atomic E-state index is 12.6. The van der Waals surface area contributed by atoms with Gasteiger partial charge in [0.05, 0.1) is 16.5 Å². The Balaban J connectivity index is 1.52. The van der Waals surface area contributed by atoms with Gasteiger partial charge in [-0.2, -0.15) is 9.57 Å². The molecule has 0 N–H and O–H groups in total. The molecular formula is C19H19N3O4S. The molecule has 1 aliphatic heterocycles. The van der Waals surface area contributed by atoms with Crippen molar-refractivity contribution in [1.29, 1.82) is 5.26 Å². The zero-order valence-electron chi connectivity index (χ0n) is 14.6. The maximum Gasteiger partial charge on any atom is 0.260 e. The van der Waals surface area contributed by atoms with Gasteiger partial charge in [-0.15, -0.1) is 0 Å². The summed E-state index contributed by atoms with van der Waals surface area (Å²) in [6.07, 6.45) is 0. The highest BCUT2D eigenvalue weighted by molar-refractivity contribution is 7.89. The molecule has 1 aliphatic rings. The van der Waals surface area contributed by atoms with E-state index in [1.165, 1.54) is 4.31 Å². The third-order valence-corrected chi connectivity index (χ3v) is 6.23. The molecule has 2 aromatic rings. The van der Waals surface area contributed by atoms with Crippen LogP contribution in [0, 0.1) is 11.3 Å². The Hall–Kier alpha value is -2.89. The first-order valence-corrected chi connectivity index (χ1v) is 9.90. The summed E-state index contributed by atoms with van der Waals surface area (Å²) in [5, 5.41) is 8.77. The molecule has 1 heterocycles. The van der Waals surface area contributed by atoms with Crippen molar-refractivity contribution in [2.45, 2.75) is 4.90 Å². The van der Waals surface area contributed by atoms with Gasteiger partial charge in [0.2, 0.25) is 10.0 Å². The topological polar surface area (TPSA) is 90.7 Å². The first-order valence-electron chi connectivity index (χ1n) is 8.46. The van der Waals surface area contributed by atoms with Gasteiger partial charge < -0.3 is 9.64 Å². The van der Waals surface area contributed by atoms with Crippen molar-refractivity contribution >= 4 is 15.9 Å². The zero-order valence-corrected chi connectivity index (χ0v) is 15.4. The van der Waals surface area contributed by atoms with E-state index in [0.717, 1.165) is 0 Å². The van der Waals surface area contributed by atoms with Gasteiger partial charge in [0.25, 0.3) is 5.91 Å². The van der Waals surface area contributed by atoms with E-state index in [0.29, 0.717) is 24.4 Å². The van der Waals surface area contributed by atoms with Crippen LogP contribution in [0.1, 0.15) is 5.56 Å². The number of hydrogen-bond donors (Lipinski definition) is 0. The number of piperazine rings is 1. The summed E-state index contributed by atoms with van der Waals surface area (Å²) in [7, 11) is -3.54. The van der Waals surface area contributed by atoms with Gasteiger partial charge in [-0.1, -0.05) is 18.2 Å². The Bertz CT molecular complexity index is 929. The number of hydrogen-bond acceptors (Lipinski definition) is 5. The van der Waals surface area contributed by atoms with Crippen LogP contribution in [0.5, 0.6) is 5.75 Å². The Kier molecular flexibility index (Phi) is 5.74. The molecule has 1 fully saturated rings. The van der Waals surface area contributed by atoms with Gasteiger partial charge in [0, 0.05) is 26.2 Å². The standard InChI is InChI=1S/C19H19N3O4S/c20-14-16-6-8-17(9-7-16)26-15-19(23)21-10-12-22(13-11-21)27(24,25)18-4-2-1-3-5-18/h1-9H,10-13,15H2. The molecule has 0 aliphatic carbocycles. The number of sulfonamides is 1. The molecule has 0 unspecified atom stereocenters. The molecule has 8 heteroatoms. The summed E-state index contributed by atoms with van der Waals surface area (Å²) < 4.78 is 32.1. The van der Waals surface area contributed by atoms with Crippen molar-refractivity contribution < 1.29 is 17.9 Å². The summed E-state index contributed by atoms with van der Waals surface area (Å²) in [5.41, 5.74) is 0.518. The number of nitrogens with zero attached hydrogens (tertiary/aromatic N) is 3. The van der Waals surface area contributed by atoms with Crippen molar-refractivity contribution in [3.8, 4) is 11.8 Å². The van der Waals surface area contributed by atoms with E-state index >= 15 is 0 Å². The Morgan fingerprint density at radius 1 is 1.00 bits per heavy atom. The summed E-state index contributed by atoms with van der Waals surface area (Å²) in [6.45, 7) is 1.01. The molecule has 0 radical (unpaired) electrons. The molecule has 0 atom stereocenters. The first kappa shape index (κ1) is 18.9. The van der Waals surface area contributed by atoms with Gasteiger partial charge in [-0.05, 0) is 36.4 Å². The highest BCUT2D eigenvalue weighted by Crippen LogP contribution is 2.17. The van der Waals surface area contributed by atoms with E-state index in [4.69, 9.17) is 10.00 Å². The number of nitriles is 1. The Labute approximate surface area is 158 Å². The van der Waals surface area contributed by atoms with E-state index in [2.05, 4.69) is 0 Å². The molecule has 0 spiro atoms. The van der Waals surface area contributed by atoms with E-state index in [1.807, 2.05) is 6.07 Å². The molecule has 0 aromatic heterocycles. The van der Waals surface area contributed by atoms with E-state index in [9.17, 15) is 13.2 Å². The molecule has 2 aromatic carbocycles. The van der Waals surface area contributed by atoms with Crippen molar-refractivity contribution in [2.75, 3.05) is 32.8 Å². The fourth-order valence-electron chi connectivity index (χ4n) is 2.78. The van der Waals surface area contributed by atoms with Gasteiger partial charge in [-0.25, -0.2) is 8.42 Å². The molecule has 1 amide bonds. The lowest BCUT2D eigenvalue weighted by Gasteiger charge is -2.33. The van der Waals surface area contributed by atoms with Crippen molar-refractivity contribution in [3.05, 3.63) is 60.2 Å². The third-order valence-electron chi connectivity index (χ3n) is 4.32. The number of carbonyl (C=O) groups is 1. The predicted molar refractivity (Wildman–Crippen MR) is 98.4 cm³/mol. The maximum absolute atomic E-state index is 12.6. The molecular weight excluding hydrogens is 366 g/mol. The Morgan fingerprint density at radius 3 is 2.22 bits per heavy atom. The third kappa shape index (κ3) is 4.45. The largest absolute Gasteiger partial charge is 0.484 e. The molecule has 1 saturated heterocycles. The lowest BCUT2D eigenvalue weighted by Crippen LogP contribution is -2.51. The highest BCUT2D eigenvalue weighted by atomic mass is 32.2. The van der Waals surface area contributed by atoms with E-state index < -0.39 is 10.0 Å². The molecule has 0 bridgehead atoms. The monoisotopic (exact) mass is 385 g/mol. The van der Waals surface area contributed by atoms with Crippen molar-refractivity contribution in [2.24, 2.45) is 0 Å². The number of rotatable bonds is 5. The van der Waals surface area contributed by atoms with Crippen LogP contribution in [0.2, 0.25) is 0 Å². The second kappa shape index (κ2) is 8.20. The minimum Gasteiger partial charge on any atom is -0.484 e. The number of benzene rings is 2. The number of amides is 1. The predicted octanol–water partition coefficient (Wildman–Crippen LogP) is 1.47. The van der Waals surface area contributed by atoms with E-state index in [-0.39, 0.29) is 30.5 Å². The first-order chi connectivity index (χ1) is 13.0. The summed E-state index contributed by atoms with van der Waals surface area (Å²) in [4.78, 5) is 14.2. The average Bonchev–Trinajstić information content (AvgIpc) is 2.73. The van der Waals surface area contributed by atoms with Crippen LogP contribution in [-0.2, 0) is 14.8 Å². The van der Waals surface area contributed by atoms with Crippen LogP contribution in [0.15, 0.2) is 59.5 Å². The van der Waals surface area contributed by atoms with Crippen molar-refractivity contribution in [1.82, 2.24) is 9.21 Å². The van der Waals surface area contributed by atoms with Crippen LogP contribution >= 0.6 is 0 Å². The van der Waals surface area contributed by atoms with Gasteiger partial charge >= 0.3 is 0 Å².